The number of anilines is 2. The highest BCUT2D eigenvalue weighted by Crippen LogP contribution is 2.15. The molecule has 2 rings (SSSR count). The van der Waals surface area contributed by atoms with Crippen molar-refractivity contribution in [2.75, 3.05) is 5.32 Å². The zero-order chi connectivity index (χ0) is 9.80. The van der Waals surface area contributed by atoms with Crippen LogP contribution in [0.5, 0.6) is 0 Å². The molecule has 0 spiro atoms. The Kier molecular flexibility index (Phi) is 2.40. The Hall–Kier alpha value is -1.90. The molecule has 1 aromatic carbocycles. The molecule has 0 unspecified atom stereocenters. The fourth-order valence-corrected chi connectivity index (χ4v) is 1.17. The second kappa shape index (κ2) is 3.87. The number of hydrogen-bond acceptors (Lipinski definition) is 2. The first kappa shape index (κ1) is 8.69. The lowest BCUT2D eigenvalue weighted by Crippen LogP contribution is -1.90. The summed E-state index contributed by atoms with van der Waals surface area (Å²) in [7, 11) is 0. The van der Waals surface area contributed by atoms with Crippen LogP contribution in [-0.2, 0) is 0 Å². The lowest BCUT2D eigenvalue weighted by Gasteiger charge is -2.04. The first-order chi connectivity index (χ1) is 6.84. The van der Waals surface area contributed by atoms with Crippen LogP contribution in [-0.4, -0.2) is 4.98 Å². The molecule has 2 aromatic rings. The SMILES string of the molecule is Fc1cccc(Nc2cccnc2)c1. The van der Waals surface area contributed by atoms with Crippen molar-refractivity contribution < 1.29 is 4.39 Å². The van der Waals surface area contributed by atoms with Gasteiger partial charge in [-0.15, -0.1) is 0 Å². The zero-order valence-electron chi connectivity index (χ0n) is 7.44. The minimum absolute atomic E-state index is 0.251. The largest absolute Gasteiger partial charge is 0.354 e. The second-order valence-electron chi connectivity index (χ2n) is 2.88. The number of halogens is 1. The van der Waals surface area contributed by atoms with Crippen molar-refractivity contribution in [3.8, 4) is 0 Å². The van der Waals surface area contributed by atoms with E-state index in [1.54, 1.807) is 24.5 Å². The summed E-state index contributed by atoms with van der Waals surface area (Å²) in [6.45, 7) is 0. The molecule has 3 heteroatoms. The number of aromatic nitrogens is 1. The van der Waals surface area contributed by atoms with Crippen LogP contribution in [0, 0.1) is 5.82 Å². The standard InChI is InChI=1S/C11H9FN2/c12-9-3-1-4-10(7-9)14-11-5-2-6-13-8-11/h1-8,14H. The van der Waals surface area contributed by atoms with E-state index < -0.39 is 0 Å². The minimum atomic E-state index is -0.251. The van der Waals surface area contributed by atoms with Gasteiger partial charge in [-0.25, -0.2) is 4.39 Å². The molecular weight excluding hydrogens is 179 g/mol. The van der Waals surface area contributed by atoms with Crippen LogP contribution in [0.1, 0.15) is 0 Å². The average molecular weight is 188 g/mol. The third kappa shape index (κ3) is 2.07. The van der Waals surface area contributed by atoms with Gasteiger partial charge in [0, 0.05) is 11.9 Å². The molecule has 0 saturated heterocycles. The van der Waals surface area contributed by atoms with E-state index in [0.717, 1.165) is 11.4 Å². The molecule has 0 aliphatic heterocycles. The van der Waals surface area contributed by atoms with Gasteiger partial charge in [-0.2, -0.15) is 0 Å². The smallest absolute Gasteiger partial charge is 0.125 e. The van der Waals surface area contributed by atoms with Crippen LogP contribution in [0.25, 0.3) is 0 Å². The second-order valence-corrected chi connectivity index (χ2v) is 2.88. The first-order valence-electron chi connectivity index (χ1n) is 4.27. The van der Waals surface area contributed by atoms with Crippen LogP contribution >= 0.6 is 0 Å². The number of hydrogen-bond donors (Lipinski definition) is 1. The highest BCUT2D eigenvalue weighted by Gasteiger charge is 1.94. The van der Waals surface area contributed by atoms with E-state index in [1.165, 1.54) is 12.1 Å². The Morgan fingerprint density at radius 3 is 2.64 bits per heavy atom. The van der Waals surface area contributed by atoms with Gasteiger partial charge in [0.1, 0.15) is 5.82 Å². The molecule has 1 aromatic heterocycles. The number of rotatable bonds is 2. The Bertz CT molecular complexity index is 415. The molecule has 0 saturated carbocycles. The van der Waals surface area contributed by atoms with E-state index in [9.17, 15) is 4.39 Å². The lowest BCUT2D eigenvalue weighted by atomic mass is 10.3. The summed E-state index contributed by atoms with van der Waals surface area (Å²) >= 11 is 0. The fourth-order valence-electron chi connectivity index (χ4n) is 1.17. The third-order valence-corrected chi connectivity index (χ3v) is 1.77. The van der Waals surface area contributed by atoms with Gasteiger partial charge in [-0.3, -0.25) is 4.98 Å². The minimum Gasteiger partial charge on any atom is -0.354 e. The molecule has 0 bridgehead atoms. The Labute approximate surface area is 81.4 Å². The normalized spacial score (nSPS) is 9.79. The van der Waals surface area contributed by atoms with Crippen molar-refractivity contribution in [1.82, 2.24) is 4.98 Å². The topological polar surface area (TPSA) is 24.9 Å². The van der Waals surface area contributed by atoms with Crippen molar-refractivity contribution >= 4 is 11.4 Å². The maximum absolute atomic E-state index is 12.8. The van der Waals surface area contributed by atoms with E-state index in [0.29, 0.717) is 0 Å². The van der Waals surface area contributed by atoms with Gasteiger partial charge in [0.25, 0.3) is 0 Å². The lowest BCUT2D eigenvalue weighted by molar-refractivity contribution is 0.628. The van der Waals surface area contributed by atoms with Crippen LogP contribution < -0.4 is 5.32 Å². The van der Waals surface area contributed by atoms with Crippen molar-refractivity contribution in [3.05, 3.63) is 54.6 Å². The van der Waals surface area contributed by atoms with Gasteiger partial charge in [0.15, 0.2) is 0 Å². The fraction of sp³-hybridized carbons (Fsp3) is 0. The molecule has 1 heterocycles. The van der Waals surface area contributed by atoms with Gasteiger partial charge in [0.2, 0.25) is 0 Å². The molecule has 70 valence electrons. The van der Waals surface area contributed by atoms with Crippen LogP contribution in [0.4, 0.5) is 15.8 Å². The molecule has 0 radical (unpaired) electrons. The summed E-state index contributed by atoms with van der Waals surface area (Å²) in [5.41, 5.74) is 1.57. The third-order valence-electron chi connectivity index (χ3n) is 1.77. The Balaban J connectivity index is 2.19. The Morgan fingerprint density at radius 2 is 1.93 bits per heavy atom. The number of pyridine rings is 1. The maximum Gasteiger partial charge on any atom is 0.125 e. The van der Waals surface area contributed by atoms with Gasteiger partial charge < -0.3 is 5.32 Å². The number of benzene rings is 1. The molecule has 0 aliphatic carbocycles. The average Bonchev–Trinajstić information content (AvgIpc) is 2.19. The quantitative estimate of drug-likeness (QED) is 0.783. The Morgan fingerprint density at radius 1 is 1.07 bits per heavy atom. The maximum atomic E-state index is 12.8. The predicted molar refractivity (Wildman–Crippen MR) is 53.9 cm³/mol. The summed E-state index contributed by atoms with van der Waals surface area (Å²) in [6.07, 6.45) is 3.38. The van der Waals surface area contributed by atoms with Crippen molar-refractivity contribution in [2.45, 2.75) is 0 Å². The van der Waals surface area contributed by atoms with E-state index in [4.69, 9.17) is 0 Å². The van der Waals surface area contributed by atoms with E-state index >= 15 is 0 Å². The van der Waals surface area contributed by atoms with Crippen molar-refractivity contribution in [1.29, 1.82) is 0 Å². The van der Waals surface area contributed by atoms with Gasteiger partial charge >= 0.3 is 0 Å². The van der Waals surface area contributed by atoms with Gasteiger partial charge in [0.05, 0.1) is 11.9 Å². The van der Waals surface area contributed by atoms with E-state index in [2.05, 4.69) is 10.3 Å². The van der Waals surface area contributed by atoms with Crippen LogP contribution in [0.2, 0.25) is 0 Å². The van der Waals surface area contributed by atoms with Gasteiger partial charge in [-0.1, -0.05) is 6.07 Å². The van der Waals surface area contributed by atoms with E-state index in [-0.39, 0.29) is 5.82 Å². The summed E-state index contributed by atoms with van der Waals surface area (Å²) in [5.74, 6) is -0.251. The zero-order valence-corrected chi connectivity index (χ0v) is 7.44. The van der Waals surface area contributed by atoms with Crippen molar-refractivity contribution in [3.63, 3.8) is 0 Å². The molecule has 14 heavy (non-hydrogen) atoms. The van der Waals surface area contributed by atoms with E-state index in [1.807, 2.05) is 12.1 Å². The predicted octanol–water partition coefficient (Wildman–Crippen LogP) is 2.96. The molecule has 1 N–H and O–H groups in total. The van der Waals surface area contributed by atoms with Crippen molar-refractivity contribution in [2.24, 2.45) is 0 Å². The monoisotopic (exact) mass is 188 g/mol. The molecule has 0 atom stereocenters. The van der Waals surface area contributed by atoms with Gasteiger partial charge in [-0.05, 0) is 30.3 Å². The summed E-state index contributed by atoms with van der Waals surface area (Å²) in [4.78, 5) is 3.95. The van der Waals surface area contributed by atoms with Crippen LogP contribution in [0.3, 0.4) is 0 Å². The number of nitrogens with zero attached hydrogens (tertiary/aromatic N) is 1. The summed E-state index contributed by atoms with van der Waals surface area (Å²) < 4.78 is 12.8. The highest BCUT2D eigenvalue weighted by atomic mass is 19.1. The summed E-state index contributed by atoms with van der Waals surface area (Å²) in [6, 6.07) is 10.0. The first-order valence-corrected chi connectivity index (χ1v) is 4.27. The molecule has 0 amide bonds. The van der Waals surface area contributed by atoms with Crippen LogP contribution in [0.15, 0.2) is 48.8 Å². The molecule has 2 nitrogen and oxygen atoms in total. The number of nitrogens with one attached hydrogen (secondary N) is 1. The molecular formula is C11H9FN2. The molecule has 0 aliphatic rings. The summed E-state index contributed by atoms with van der Waals surface area (Å²) in [5, 5.41) is 3.04. The highest BCUT2D eigenvalue weighted by molar-refractivity contribution is 5.58. The molecule has 0 fully saturated rings.